The SMILES string of the molecule is Cc1ccc([N+](=O)[O-])cc1S(=O)(=O)Nc1ccc(Cl)cc1NC(=O)c1ccco1. The van der Waals surface area contributed by atoms with Crippen molar-refractivity contribution in [1.82, 2.24) is 0 Å². The zero-order chi connectivity index (χ0) is 21.2. The number of nitro benzene ring substituents is 1. The first-order chi connectivity index (χ1) is 13.7. The van der Waals surface area contributed by atoms with Crippen LogP contribution in [0, 0.1) is 17.0 Å². The fourth-order valence-electron chi connectivity index (χ4n) is 2.49. The number of nitrogens with zero attached hydrogens (tertiary/aromatic N) is 1. The van der Waals surface area contributed by atoms with Crippen LogP contribution < -0.4 is 10.0 Å². The van der Waals surface area contributed by atoms with Gasteiger partial charge in [0.1, 0.15) is 0 Å². The summed E-state index contributed by atoms with van der Waals surface area (Å²) in [6.07, 6.45) is 1.32. The van der Waals surface area contributed by atoms with Crippen molar-refractivity contribution in [3.05, 3.63) is 81.3 Å². The summed E-state index contributed by atoms with van der Waals surface area (Å²) in [6, 6.07) is 10.7. The molecule has 0 fully saturated rings. The molecule has 29 heavy (non-hydrogen) atoms. The van der Waals surface area contributed by atoms with Crippen molar-refractivity contribution in [2.45, 2.75) is 11.8 Å². The van der Waals surface area contributed by atoms with E-state index in [1.807, 2.05) is 0 Å². The number of anilines is 2. The number of halogens is 1. The summed E-state index contributed by atoms with van der Waals surface area (Å²) in [5.74, 6) is -0.586. The third-order valence-corrected chi connectivity index (χ3v) is 5.63. The molecule has 2 aromatic carbocycles. The Morgan fingerprint density at radius 1 is 1.14 bits per heavy atom. The predicted molar refractivity (Wildman–Crippen MR) is 107 cm³/mol. The normalized spacial score (nSPS) is 11.1. The molecule has 0 bridgehead atoms. The smallest absolute Gasteiger partial charge is 0.291 e. The zero-order valence-corrected chi connectivity index (χ0v) is 16.5. The van der Waals surface area contributed by atoms with Crippen LogP contribution in [0.4, 0.5) is 17.1 Å². The van der Waals surface area contributed by atoms with Crippen molar-refractivity contribution < 1.29 is 22.6 Å². The minimum Gasteiger partial charge on any atom is -0.459 e. The van der Waals surface area contributed by atoms with E-state index >= 15 is 0 Å². The topological polar surface area (TPSA) is 132 Å². The number of aryl methyl sites for hydroxylation is 1. The molecule has 1 aromatic heterocycles. The molecule has 0 saturated heterocycles. The van der Waals surface area contributed by atoms with Crippen LogP contribution in [0.5, 0.6) is 0 Å². The van der Waals surface area contributed by atoms with Gasteiger partial charge in [0.05, 0.1) is 27.5 Å². The average Bonchev–Trinajstić information content (AvgIpc) is 3.18. The number of rotatable bonds is 6. The van der Waals surface area contributed by atoms with Gasteiger partial charge in [-0.05, 0) is 42.8 Å². The Labute approximate surface area is 170 Å². The van der Waals surface area contributed by atoms with Crippen LogP contribution in [-0.2, 0) is 10.0 Å². The minimum absolute atomic E-state index is 0.0216. The van der Waals surface area contributed by atoms with Gasteiger partial charge in [-0.2, -0.15) is 0 Å². The highest BCUT2D eigenvalue weighted by molar-refractivity contribution is 7.92. The van der Waals surface area contributed by atoms with Crippen LogP contribution in [0.1, 0.15) is 16.1 Å². The summed E-state index contributed by atoms with van der Waals surface area (Å²) in [5.41, 5.74) is 0.0717. The molecule has 3 aromatic rings. The molecule has 1 amide bonds. The molecule has 11 heteroatoms. The summed E-state index contributed by atoms with van der Waals surface area (Å²) in [7, 11) is -4.20. The standard InChI is InChI=1S/C18H14ClN3O6S/c1-11-4-6-13(22(24)25)10-17(11)29(26,27)21-14-7-5-12(19)9-15(14)20-18(23)16-3-2-8-28-16/h2-10,21H,1H3,(H,20,23). The van der Waals surface area contributed by atoms with Gasteiger partial charge in [-0.25, -0.2) is 8.42 Å². The van der Waals surface area contributed by atoms with Crippen molar-refractivity contribution in [2.75, 3.05) is 10.0 Å². The van der Waals surface area contributed by atoms with Crippen LogP contribution in [-0.4, -0.2) is 19.2 Å². The Morgan fingerprint density at radius 3 is 2.55 bits per heavy atom. The van der Waals surface area contributed by atoms with Crippen LogP contribution >= 0.6 is 11.6 Å². The van der Waals surface area contributed by atoms with Crippen molar-refractivity contribution in [2.24, 2.45) is 0 Å². The lowest BCUT2D eigenvalue weighted by atomic mass is 10.2. The van der Waals surface area contributed by atoms with E-state index < -0.39 is 20.9 Å². The second-order valence-electron chi connectivity index (χ2n) is 5.93. The Morgan fingerprint density at radius 2 is 1.90 bits per heavy atom. The number of amides is 1. The number of hydrogen-bond donors (Lipinski definition) is 2. The quantitative estimate of drug-likeness (QED) is 0.440. The van der Waals surface area contributed by atoms with Crippen LogP contribution in [0.25, 0.3) is 0 Å². The maximum absolute atomic E-state index is 12.9. The van der Waals surface area contributed by atoms with E-state index in [1.54, 1.807) is 0 Å². The molecule has 0 aliphatic heterocycles. The monoisotopic (exact) mass is 435 g/mol. The number of non-ortho nitro benzene ring substituents is 1. The number of hydrogen-bond acceptors (Lipinski definition) is 6. The number of furan rings is 1. The van der Waals surface area contributed by atoms with E-state index in [0.717, 1.165) is 6.07 Å². The number of benzene rings is 2. The van der Waals surface area contributed by atoms with Crippen molar-refractivity contribution in [1.29, 1.82) is 0 Å². The van der Waals surface area contributed by atoms with E-state index in [0.29, 0.717) is 5.56 Å². The number of carbonyl (C=O) groups excluding carboxylic acids is 1. The number of carbonyl (C=O) groups is 1. The number of nitro groups is 1. The molecule has 1 heterocycles. The van der Waals surface area contributed by atoms with Gasteiger partial charge in [-0.3, -0.25) is 19.6 Å². The molecular weight excluding hydrogens is 422 g/mol. The Bertz CT molecular complexity index is 1190. The second kappa shape index (κ2) is 7.94. The molecule has 0 aliphatic carbocycles. The summed E-state index contributed by atoms with van der Waals surface area (Å²) < 4.78 is 33.0. The van der Waals surface area contributed by atoms with Gasteiger partial charge >= 0.3 is 0 Å². The molecule has 0 atom stereocenters. The molecule has 9 nitrogen and oxygen atoms in total. The van der Waals surface area contributed by atoms with Crippen molar-refractivity contribution >= 4 is 44.6 Å². The minimum atomic E-state index is -4.20. The van der Waals surface area contributed by atoms with E-state index in [4.69, 9.17) is 16.0 Å². The zero-order valence-electron chi connectivity index (χ0n) is 14.9. The van der Waals surface area contributed by atoms with Gasteiger partial charge in [0.25, 0.3) is 21.6 Å². The molecule has 3 rings (SSSR count). The maximum Gasteiger partial charge on any atom is 0.291 e. The molecule has 0 aliphatic rings. The van der Waals surface area contributed by atoms with Gasteiger partial charge in [0, 0.05) is 17.2 Å². The molecule has 0 unspecified atom stereocenters. The maximum atomic E-state index is 12.9. The van der Waals surface area contributed by atoms with Crippen molar-refractivity contribution in [3.8, 4) is 0 Å². The lowest BCUT2D eigenvalue weighted by Crippen LogP contribution is -2.18. The van der Waals surface area contributed by atoms with Gasteiger partial charge in [-0.1, -0.05) is 17.7 Å². The first-order valence-corrected chi connectivity index (χ1v) is 9.96. The fourth-order valence-corrected chi connectivity index (χ4v) is 4.01. The second-order valence-corrected chi connectivity index (χ2v) is 8.02. The molecular formula is C18H14ClN3O6S. The summed E-state index contributed by atoms with van der Waals surface area (Å²) in [4.78, 5) is 22.3. The Hall–Kier alpha value is -3.37. The van der Waals surface area contributed by atoms with Gasteiger partial charge in [0.15, 0.2) is 5.76 Å². The van der Waals surface area contributed by atoms with Gasteiger partial charge < -0.3 is 9.73 Å². The van der Waals surface area contributed by atoms with Crippen LogP contribution in [0.15, 0.2) is 64.1 Å². The van der Waals surface area contributed by atoms with E-state index in [1.165, 1.54) is 55.7 Å². The Kier molecular flexibility index (Phi) is 5.57. The lowest BCUT2D eigenvalue weighted by Gasteiger charge is -2.14. The first-order valence-electron chi connectivity index (χ1n) is 8.09. The van der Waals surface area contributed by atoms with E-state index in [2.05, 4.69) is 10.0 Å². The van der Waals surface area contributed by atoms with Crippen LogP contribution in [0.2, 0.25) is 5.02 Å². The highest BCUT2D eigenvalue weighted by atomic mass is 35.5. The predicted octanol–water partition coefficient (Wildman–Crippen LogP) is 4.20. The summed E-state index contributed by atoms with van der Waals surface area (Å²) in [5, 5.41) is 13.8. The first kappa shape index (κ1) is 20.4. The van der Waals surface area contributed by atoms with E-state index in [-0.39, 0.29) is 32.7 Å². The summed E-state index contributed by atoms with van der Waals surface area (Å²) in [6.45, 7) is 1.51. The molecule has 0 radical (unpaired) electrons. The molecule has 2 N–H and O–H groups in total. The van der Waals surface area contributed by atoms with Crippen LogP contribution in [0.3, 0.4) is 0 Å². The van der Waals surface area contributed by atoms with Gasteiger partial charge in [0.2, 0.25) is 0 Å². The Balaban J connectivity index is 1.96. The fraction of sp³-hybridized carbons (Fsp3) is 0.0556. The third-order valence-electron chi connectivity index (χ3n) is 3.89. The molecule has 0 spiro atoms. The van der Waals surface area contributed by atoms with Crippen molar-refractivity contribution in [3.63, 3.8) is 0 Å². The van der Waals surface area contributed by atoms with Gasteiger partial charge in [-0.15, -0.1) is 0 Å². The highest BCUT2D eigenvalue weighted by Gasteiger charge is 2.22. The summed E-state index contributed by atoms with van der Waals surface area (Å²) >= 11 is 5.97. The lowest BCUT2D eigenvalue weighted by molar-refractivity contribution is -0.385. The molecule has 150 valence electrons. The highest BCUT2D eigenvalue weighted by Crippen LogP contribution is 2.30. The largest absolute Gasteiger partial charge is 0.459 e. The third kappa shape index (κ3) is 4.55. The number of nitrogens with one attached hydrogen (secondary N) is 2. The average molecular weight is 436 g/mol. The van der Waals surface area contributed by atoms with E-state index in [9.17, 15) is 23.3 Å². The number of sulfonamides is 1. The molecule has 0 saturated carbocycles.